The van der Waals surface area contributed by atoms with Crippen LogP contribution < -0.4 is 10.9 Å². The van der Waals surface area contributed by atoms with Crippen LogP contribution in [0.15, 0.2) is 59.4 Å². The van der Waals surface area contributed by atoms with Gasteiger partial charge in [-0.1, -0.05) is 62.4 Å². The fraction of sp³-hybridized carbons (Fsp3) is 0.333. The van der Waals surface area contributed by atoms with Crippen molar-refractivity contribution in [1.82, 2.24) is 15.1 Å². The Kier molecular flexibility index (Phi) is 7.54. The van der Waals surface area contributed by atoms with Gasteiger partial charge in [0.1, 0.15) is 0 Å². The minimum atomic E-state index is -0.729. The van der Waals surface area contributed by atoms with Gasteiger partial charge in [-0.2, -0.15) is 5.10 Å². The summed E-state index contributed by atoms with van der Waals surface area (Å²) in [6.07, 6.45) is 1.64. The Morgan fingerprint density at radius 1 is 1.03 bits per heavy atom. The van der Waals surface area contributed by atoms with E-state index in [1.807, 2.05) is 44.2 Å². The second-order valence-electron chi connectivity index (χ2n) is 7.79. The third-order valence-electron chi connectivity index (χ3n) is 4.74. The summed E-state index contributed by atoms with van der Waals surface area (Å²) in [5, 5.41) is 7.79. The van der Waals surface area contributed by atoms with Crippen molar-refractivity contribution in [1.29, 1.82) is 0 Å². The number of carbonyl (C=O) groups is 2. The van der Waals surface area contributed by atoms with Crippen molar-refractivity contribution >= 4 is 22.6 Å². The molecule has 1 N–H and O–H groups in total. The van der Waals surface area contributed by atoms with Gasteiger partial charge >= 0.3 is 5.97 Å². The van der Waals surface area contributed by atoms with E-state index in [1.54, 1.807) is 24.3 Å². The fourth-order valence-electron chi connectivity index (χ4n) is 3.27. The van der Waals surface area contributed by atoms with E-state index in [2.05, 4.69) is 10.4 Å². The van der Waals surface area contributed by atoms with Crippen LogP contribution in [0.1, 0.15) is 36.3 Å². The molecule has 0 unspecified atom stereocenters. The molecule has 1 aromatic heterocycles. The highest BCUT2D eigenvalue weighted by atomic mass is 16.5. The number of nitrogens with one attached hydrogen (secondary N) is 1. The Balaban J connectivity index is 1.60. The molecule has 0 bridgehead atoms. The first-order valence-corrected chi connectivity index (χ1v) is 10.4. The number of carbonyl (C=O) groups excluding carboxylic acids is 2. The van der Waals surface area contributed by atoms with Crippen LogP contribution in [-0.2, 0) is 22.5 Å². The number of esters is 1. The third kappa shape index (κ3) is 6.01. The van der Waals surface area contributed by atoms with Gasteiger partial charge in [-0.05, 0) is 30.4 Å². The Morgan fingerprint density at radius 3 is 2.42 bits per heavy atom. The van der Waals surface area contributed by atoms with Gasteiger partial charge in [0, 0.05) is 18.5 Å². The molecular formula is C24H27N3O4. The number of amides is 1. The molecule has 0 aliphatic heterocycles. The molecule has 7 heteroatoms. The molecule has 0 saturated heterocycles. The van der Waals surface area contributed by atoms with Gasteiger partial charge in [0.2, 0.25) is 0 Å². The Hall–Kier alpha value is -3.48. The van der Waals surface area contributed by atoms with E-state index in [0.29, 0.717) is 23.9 Å². The number of hydrogen-bond donors (Lipinski definition) is 1. The smallest absolute Gasteiger partial charge is 0.359 e. The van der Waals surface area contributed by atoms with E-state index < -0.39 is 12.6 Å². The molecule has 3 rings (SSSR count). The zero-order valence-corrected chi connectivity index (χ0v) is 17.8. The fourth-order valence-corrected chi connectivity index (χ4v) is 3.27. The van der Waals surface area contributed by atoms with E-state index in [-0.39, 0.29) is 23.1 Å². The van der Waals surface area contributed by atoms with E-state index in [1.165, 1.54) is 10.2 Å². The lowest BCUT2D eigenvalue weighted by molar-refractivity contribution is -0.124. The normalized spacial score (nSPS) is 10.9. The number of aromatic nitrogens is 2. The van der Waals surface area contributed by atoms with Crippen molar-refractivity contribution < 1.29 is 14.3 Å². The van der Waals surface area contributed by atoms with Crippen LogP contribution in [0.3, 0.4) is 0 Å². The van der Waals surface area contributed by atoms with Crippen molar-refractivity contribution in [3.63, 3.8) is 0 Å². The molecular weight excluding hydrogens is 394 g/mol. The molecule has 0 radical (unpaired) electrons. The van der Waals surface area contributed by atoms with Gasteiger partial charge in [0.25, 0.3) is 11.5 Å². The lowest BCUT2D eigenvalue weighted by atomic mass is 10.1. The van der Waals surface area contributed by atoms with Gasteiger partial charge in [0.15, 0.2) is 12.3 Å². The number of rotatable bonds is 9. The Bertz CT molecular complexity index is 1110. The van der Waals surface area contributed by atoms with Crippen LogP contribution in [0.25, 0.3) is 10.8 Å². The molecule has 0 spiro atoms. The Labute approximate surface area is 181 Å². The molecule has 1 amide bonds. The molecule has 0 fully saturated rings. The highest BCUT2D eigenvalue weighted by molar-refractivity contribution is 6.02. The van der Waals surface area contributed by atoms with E-state index in [9.17, 15) is 14.4 Å². The number of ether oxygens (including phenoxy) is 1. The van der Waals surface area contributed by atoms with Gasteiger partial charge in [0.05, 0.1) is 5.39 Å². The Morgan fingerprint density at radius 2 is 1.71 bits per heavy atom. The summed E-state index contributed by atoms with van der Waals surface area (Å²) in [5.41, 5.74) is 0.988. The summed E-state index contributed by atoms with van der Waals surface area (Å²) in [7, 11) is 0. The van der Waals surface area contributed by atoms with Crippen LogP contribution in [-0.4, -0.2) is 34.8 Å². The largest absolute Gasteiger partial charge is 0.451 e. The quantitative estimate of drug-likeness (QED) is 0.424. The maximum absolute atomic E-state index is 12.6. The average molecular weight is 421 g/mol. The van der Waals surface area contributed by atoms with Crippen LogP contribution in [0, 0.1) is 5.92 Å². The lowest BCUT2D eigenvalue weighted by Crippen LogP contribution is -2.31. The van der Waals surface area contributed by atoms with Crippen LogP contribution >= 0.6 is 0 Å². The molecule has 0 saturated carbocycles. The van der Waals surface area contributed by atoms with Gasteiger partial charge in [-0.15, -0.1) is 0 Å². The number of aryl methyl sites for hydroxylation is 1. The molecule has 0 aliphatic carbocycles. The second-order valence-corrected chi connectivity index (χ2v) is 7.79. The highest BCUT2D eigenvalue weighted by Crippen LogP contribution is 2.14. The molecule has 3 aromatic rings. The standard InChI is InChI=1S/C24H27N3O4/c1-17(2)15-27-23(29)20-13-7-6-12-19(20)22(26-27)24(30)31-16-21(28)25-14-8-11-18-9-4-3-5-10-18/h3-7,9-10,12-13,17H,8,11,14-16H2,1-2H3,(H,25,28). The minimum absolute atomic E-state index is 0.0349. The van der Waals surface area contributed by atoms with Crippen LogP contribution in [0.4, 0.5) is 0 Å². The van der Waals surface area contributed by atoms with E-state index >= 15 is 0 Å². The molecule has 1 heterocycles. The zero-order valence-electron chi connectivity index (χ0n) is 17.8. The SMILES string of the molecule is CC(C)Cn1nc(C(=O)OCC(=O)NCCCc2ccccc2)c2ccccc2c1=O. The summed E-state index contributed by atoms with van der Waals surface area (Å²) in [6, 6.07) is 16.8. The van der Waals surface area contributed by atoms with Gasteiger partial charge in [-0.3, -0.25) is 9.59 Å². The summed E-state index contributed by atoms with van der Waals surface area (Å²) >= 11 is 0. The monoisotopic (exact) mass is 421 g/mol. The van der Waals surface area contributed by atoms with Crippen molar-refractivity contribution in [3.8, 4) is 0 Å². The molecule has 2 aromatic carbocycles. The molecule has 31 heavy (non-hydrogen) atoms. The summed E-state index contributed by atoms with van der Waals surface area (Å²) in [5.74, 6) is -0.925. The highest BCUT2D eigenvalue weighted by Gasteiger charge is 2.19. The summed E-state index contributed by atoms with van der Waals surface area (Å²) in [6.45, 7) is 4.40. The van der Waals surface area contributed by atoms with E-state index in [0.717, 1.165) is 12.8 Å². The number of fused-ring (bicyclic) bond motifs is 1. The maximum atomic E-state index is 12.6. The first-order chi connectivity index (χ1) is 15.0. The predicted molar refractivity (Wildman–Crippen MR) is 119 cm³/mol. The molecule has 7 nitrogen and oxygen atoms in total. The van der Waals surface area contributed by atoms with Crippen molar-refractivity contribution in [2.75, 3.05) is 13.2 Å². The minimum Gasteiger partial charge on any atom is -0.451 e. The second kappa shape index (κ2) is 10.5. The lowest BCUT2D eigenvalue weighted by Gasteiger charge is -2.12. The molecule has 0 aliphatic rings. The first-order valence-electron chi connectivity index (χ1n) is 10.4. The van der Waals surface area contributed by atoms with Crippen molar-refractivity contribution in [3.05, 3.63) is 76.2 Å². The topological polar surface area (TPSA) is 90.3 Å². The van der Waals surface area contributed by atoms with Crippen molar-refractivity contribution in [2.45, 2.75) is 33.2 Å². The van der Waals surface area contributed by atoms with Crippen molar-refractivity contribution in [2.24, 2.45) is 5.92 Å². The molecule has 0 atom stereocenters. The summed E-state index contributed by atoms with van der Waals surface area (Å²) in [4.78, 5) is 37.3. The average Bonchev–Trinajstić information content (AvgIpc) is 2.77. The first kappa shape index (κ1) is 22.2. The number of hydrogen-bond acceptors (Lipinski definition) is 5. The van der Waals surface area contributed by atoms with Gasteiger partial charge in [-0.25, -0.2) is 9.48 Å². The number of benzene rings is 2. The van der Waals surface area contributed by atoms with Crippen LogP contribution in [0.5, 0.6) is 0 Å². The van der Waals surface area contributed by atoms with Gasteiger partial charge < -0.3 is 10.1 Å². The maximum Gasteiger partial charge on any atom is 0.359 e. The van der Waals surface area contributed by atoms with Crippen LogP contribution in [0.2, 0.25) is 0 Å². The molecule has 162 valence electrons. The predicted octanol–water partition coefficient (Wildman–Crippen LogP) is 2.96. The zero-order chi connectivity index (χ0) is 22.2. The number of nitrogens with zero attached hydrogens (tertiary/aromatic N) is 2. The third-order valence-corrected chi connectivity index (χ3v) is 4.74. The van der Waals surface area contributed by atoms with E-state index in [4.69, 9.17) is 4.74 Å². The summed E-state index contributed by atoms with van der Waals surface area (Å²) < 4.78 is 6.47.